The van der Waals surface area contributed by atoms with Crippen LogP contribution < -0.4 is 10.4 Å². The summed E-state index contributed by atoms with van der Waals surface area (Å²) < 4.78 is 5.50. The van der Waals surface area contributed by atoms with Crippen LogP contribution in [0.4, 0.5) is 0 Å². The normalized spacial score (nSPS) is 11.0. The van der Waals surface area contributed by atoms with Gasteiger partial charge < -0.3 is 4.74 Å². The molecule has 0 aliphatic carbocycles. The minimum Gasteiger partial charge on any atom is -0.465 e. The quantitative estimate of drug-likeness (QED) is 0.481. The fraction of sp³-hybridized carbons (Fsp3) is 0.167. The van der Waals surface area contributed by atoms with Crippen LogP contribution in [-0.4, -0.2) is 20.3 Å². The highest BCUT2D eigenvalue weighted by Gasteiger charge is 2.33. The van der Waals surface area contributed by atoms with Crippen molar-refractivity contribution in [2.75, 3.05) is 6.23 Å². The van der Waals surface area contributed by atoms with E-state index >= 15 is 0 Å². The zero-order valence-corrected chi connectivity index (χ0v) is 13.5. The standard InChI is InChI=1S/C18H20O2Si/c1-15(2)18(19)20-14-21(3,16-10-6-4-7-11-16)17-12-8-5-9-13-17/h4-13H,1,14H2,2-3H3. The van der Waals surface area contributed by atoms with Crippen LogP contribution in [0.3, 0.4) is 0 Å². The second kappa shape index (κ2) is 6.55. The first kappa shape index (κ1) is 15.3. The lowest BCUT2D eigenvalue weighted by molar-refractivity contribution is -0.137. The average Bonchev–Trinajstić information content (AvgIpc) is 2.53. The summed E-state index contributed by atoms with van der Waals surface area (Å²) in [6.45, 7) is 7.54. The third kappa shape index (κ3) is 3.50. The van der Waals surface area contributed by atoms with Crippen molar-refractivity contribution in [3.8, 4) is 0 Å². The molecule has 108 valence electrons. The van der Waals surface area contributed by atoms with Crippen LogP contribution in [-0.2, 0) is 9.53 Å². The van der Waals surface area contributed by atoms with Crippen molar-refractivity contribution in [2.45, 2.75) is 13.5 Å². The lowest BCUT2D eigenvalue weighted by atomic mass is 10.4. The van der Waals surface area contributed by atoms with E-state index in [0.29, 0.717) is 11.8 Å². The molecule has 0 saturated heterocycles. The van der Waals surface area contributed by atoms with Gasteiger partial charge in [0.1, 0.15) is 0 Å². The van der Waals surface area contributed by atoms with Gasteiger partial charge in [0, 0.05) is 5.57 Å². The Kier molecular flexibility index (Phi) is 4.76. The Balaban J connectivity index is 2.36. The van der Waals surface area contributed by atoms with E-state index in [1.54, 1.807) is 6.92 Å². The molecule has 0 bridgehead atoms. The summed E-state index contributed by atoms with van der Waals surface area (Å²) in [5.41, 5.74) is 0.437. The molecule has 0 aliphatic heterocycles. The molecule has 0 aromatic heterocycles. The minimum atomic E-state index is -2.09. The van der Waals surface area contributed by atoms with Gasteiger partial charge in [0.25, 0.3) is 0 Å². The van der Waals surface area contributed by atoms with Gasteiger partial charge in [0.15, 0.2) is 8.07 Å². The molecule has 21 heavy (non-hydrogen) atoms. The zero-order chi connectivity index (χ0) is 15.3. The van der Waals surface area contributed by atoms with Gasteiger partial charge in [0.05, 0.1) is 6.23 Å². The van der Waals surface area contributed by atoms with Crippen molar-refractivity contribution in [3.05, 3.63) is 72.8 Å². The lowest BCUT2D eigenvalue weighted by Crippen LogP contribution is -2.59. The molecule has 0 unspecified atom stereocenters. The van der Waals surface area contributed by atoms with Gasteiger partial charge >= 0.3 is 5.97 Å². The predicted molar refractivity (Wildman–Crippen MR) is 89.5 cm³/mol. The Morgan fingerprint density at radius 2 is 1.43 bits per heavy atom. The Labute approximate surface area is 127 Å². The van der Waals surface area contributed by atoms with Gasteiger partial charge in [-0.15, -0.1) is 0 Å². The van der Waals surface area contributed by atoms with E-state index in [4.69, 9.17) is 4.74 Å². The molecule has 2 aromatic rings. The first-order valence-corrected chi connectivity index (χ1v) is 9.68. The highest BCUT2D eigenvalue weighted by Crippen LogP contribution is 2.07. The van der Waals surface area contributed by atoms with E-state index in [2.05, 4.69) is 37.4 Å². The molecule has 0 atom stereocenters. The molecule has 0 spiro atoms. The molecule has 0 aliphatic rings. The Bertz CT molecular complexity index is 581. The first-order valence-electron chi connectivity index (χ1n) is 6.98. The monoisotopic (exact) mass is 296 g/mol. The number of rotatable bonds is 5. The molecule has 0 heterocycles. The highest BCUT2D eigenvalue weighted by atomic mass is 28.3. The second-order valence-electron chi connectivity index (χ2n) is 5.42. The second-order valence-corrected chi connectivity index (χ2v) is 9.53. The van der Waals surface area contributed by atoms with E-state index in [1.165, 1.54) is 10.4 Å². The summed E-state index contributed by atoms with van der Waals surface area (Å²) in [4.78, 5) is 11.8. The van der Waals surface area contributed by atoms with E-state index in [0.717, 1.165) is 0 Å². The van der Waals surface area contributed by atoms with Crippen molar-refractivity contribution in [3.63, 3.8) is 0 Å². The minimum absolute atomic E-state index is 0.319. The van der Waals surface area contributed by atoms with Gasteiger partial charge in [-0.05, 0) is 6.92 Å². The number of carbonyl (C=O) groups is 1. The Morgan fingerprint density at radius 1 is 1.00 bits per heavy atom. The van der Waals surface area contributed by atoms with Crippen LogP contribution in [0.2, 0.25) is 6.55 Å². The maximum Gasteiger partial charge on any atom is 0.332 e. The molecule has 2 rings (SSSR count). The van der Waals surface area contributed by atoms with E-state index in [-0.39, 0.29) is 5.97 Å². The van der Waals surface area contributed by atoms with Crippen molar-refractivity contribution in [1.82, 2.24) is 0 Å². The fourth-order valence-electron chi connectivity index (χ4n) is 2.28. The first-order chi connectivity index (χ1) is 10.0. The summed E-state index contributed by atoms with van der Waals surface area (Å²) >= 11 is 0. The summed E-state index contributed by atoms with van der Waals surface area (Å²) in [6.07, 6.45) is 0.423. The summed E-state index contributed by atoms with van der Waals surface area (Å²) in [7, 11) is -2.09. The molecule has 3 heteroatoms. The number of esters is 1. The predicted octanol–water partition coefficient (Wildman–Crippen LogP) is 2.54. The SMILES string of the molecule is C=C(C)C(=O)OC[Si](C)(c1ccccc1)c1ccccc1. The average molecular weight is 296 g/mol. The summed E-state index contributed by atoms with van der Waals surface area (Å²) in [6, 6.07) is 20.6. The van der Waals surface area contributed by atoms with E-state index in [1.807, 2.05) is 36.4 Å². The highest BCUT2D eigenvalue weighted by molar-refractivity contribution is 7.01. The largest absolute Gasteiger partial charge is 0.465 e. The molecule has 0 fully saturated rings. The van der Waals surface area contributed by atoms with Crippen LogP contribution in [0.5, 0.6) is 0 Å². The van der Waals surface area contributed by atoms with Crippen LogP contribution in [0.15, 0.2) is 72.8 Å². The van der Waals surface area contributed by atoms with Crippen molar-refractivity contribution >= 4 is 24.4 Å². The van der Waals surface area contributed by atoms with Gasteiger partial charge in [-0.25, -0.2) is 4.79 Å². The van der Waals surface area contributed by atoms with Crippen molar-refractivity contribution in [1.29, 1.82) is 0 Å². The van der Waals surface area contributed by atoms with Crippen LogP contribution in [0.25, 0.3) is 0 Å². The molecule has 2 aromatic carbocycles. The number of carbonyl (C=O) groups excluding carboxylic acids is 1. The Morgan fingerprint density at radius 3 is 1.81 bits per heavy atom. The van der Waals surface area contributed by atoms with Gasteiger partial charge in [-0.2, -0.15) is 0 Å². The maximum atomic E-state index is 11.8. The van der Waals surface area contributed by atoms with Gasteiger partial charge in [-0.3, -0.25) is 0 Å². The summed E-state index contributed by atoms with van der Waals surface area (Å²) in [5.74, 6) is -0.319. The van der Waals surface area contributed by atoms with Gasteiger partial charge in [-0.1, -0.05) is 84.2 Å². The molecule has 0 amide bonds. The molecule has 0 saturated carbocycles. The van der Waals surface area contributed by atoms with E-state index in [9.17, 15) is 4.79 Å². The smallest absolute Gasteiger partial charge is 0.332 e. The van der Waals surface area contributed by atoms with Crippen molar-refractivity contribution < 1.29 is 9.53 Å². The number of benzene rings is 2. The van der Waals surface area contributed by atoms with Crippen LogP contribution >= 0.6 is 0 Å². The Hall–Kier alpha value is -2.13. The van der Waals surface area contributed by atoms with Crippen LogP contribution in [0, 0.1) is 0 Å². The van der Waals surface area contributed by atoms with E-state index < -0.39 is 8.07 Å². The molecular weight excluding hydrogens is 276 g/mol. The lowest BCUT2D eigenvalue weighted by Gasteiger charge is -2.28. The molecule has 0 radical (unpaired) electrons. The fourth-order valence-corrected chi connectivity index (χ4v) is 5.22. The van der Waals surface area contributed by atoms with Crippen LogP contribution in [0.1, 0.15) is 6.92 Å². The molecular formula is C18H20O2Si. The number of hydrogen-bond acceptors (Lipinski definition) is 2. The third-order valence-corrected chi connectivity index (χ3v) is 7.60. The molecule has 2 nitrogen and oxygen atoms in total. The van der Waals surface area contributed by atoms with Crippen molar-refractivity contribution in [2.24, 2.45) is 0 Å². The third-order valence-electron chi connectivity index (χ3n) is 3.66. The number of hydrogen-bond donors (Lipinski definition) is 0. The summed E-state index contributed by atoms with van der Waals surface area (Å²) in [5, 5.41) is 2.51. The topological polar surface area (TPSA) is 26.3 Å². The van der Waals surface area contributed by atoms with Gasteiger partial charge in [0.2, 0.25) is 0 Å². The molecule has 0 N–H and O–H groups in total. The maximum absolute atomic E-state index is 11.8. The number of ether oxygens (including phenoxy) is 1. The zero-order valence-electron chi connectivity index (χ0n) is 12.5.